The average molecular weight is 291 g/mol. The number of halogens is 3. The van der Waals surface area contributed by atoms with Crippen LogP contribution in [0.5, 0.6) is 5.75 Å². The predicted octanol–water partition coefficient (Wildman–Crippen LogP) is 3.60. The zero-order valence-electron chi connectivity index (χ0n) is 10.3. The van der Waals surface area contributed by atoms with Gasteiger partial charge >= 0.3 is 5.97 Å². The van der Waals surface area contributed by atoms with Crippen LogP contribution in [-0.2, 0) is 4.79 Å². The molecule has 1 aliphatic carbocycles. The van der Waals surface area contributed by atoms with Crippen molar-refractivity contribution >= 4 is 17.6 Å². The number of hydrogen-bond donors (Lipinski definition) is 1. The van der Waals surface area contributed by atoms with Gasteiger partial charge in [0.2, 0.25) is 0 Å². The second-order valence-electron chi connectivity index (χ2n) is 4.65. The lowest BCUT2D eigenvalue weighted by molar-refractivity contribution is -0.137. The van der Waals surface area contributed by atoms with Crippen molar-refractivity contribution in [2.24, 2.45) is 5.92 Å². The molecule has 19 heavy (non-hydrogen) atoms. The number of ether oxygens (including phenoxy) is 1. The Hall–Kier alpha value is -1.36. The summed E-state index contributed by atoms with van der Waals surface area (Å²) in [7, 11) is 1.25. The molecule has 0 aromatic heterocycles. The summed E-state index contributed by atoms with van der Waals surface area (Å²) in [4.78, 5) is 10.9. The Morgan fingerprint density at radius 3 is 2.68 bits per heavy atom. The van der Waals surface area contributed by atoms with Crippen LogP contribution in [0, 0.1) is 17.6 Å². The summed E-state index contributed by atoms with van der Waals surface area (Å²) in [6.45, 7) is 0. The summed E-state index contributed by atoms with van der Waals surface area (Å²) < 4.78 is 32.4. The van der Waals surface area contributed by atoms with E-state index in [1.54, 1.807) is 0 Å². The fraction of sp³-hybridized carbons (Fsp3) is 0.462. The van der Waals surface area contributed by atoms with Crippen molar-refractivity contribution in [3.05, 3.63) is 28.3 Å². The molecule has 0 saturated heterocycles. The highest BCUT2D eigenvalue weighted by atomic mass is 35.5. The van der Waals surface area contributed by atoms with Gasteiger partial charge in [-0.2, -0.15) is 0 Å². The van der Waals surface area contributed by atoms with Gasteiger partial charge in [-0.25, -0.2) is 8.78 Å². The molecule has 1 atom stereocenters. The molecule has 2 rings (SSSR count). The van der Waals surface area contributed by atoms with Gasteiger partial charge in [0.15, 0.2) is 11.6 Å². The third kappa shape index (κ3) is 2.81. The van der Waals surface area contributed by atoms with Crippen molar-refractivity contribution in [2.75, 3.05) is 7.11 Å². The predicted molar refractivity (Wildman–Crippen MR) is 65.6 cm³/mol. The summed E-state index contributed by atoms with van der Waals surface area (Å²) in [5.74, 6) is -3.36. The first kappa shape index (κ1) is 14.1. The van der Waals surface area contributed by atoms with Gasteiger partial charge in [0.1, 0.15) is 10.8 Å². The van der Waals surface area contributed by atoms with Crippen molar-refractivity contribution in [2.45, 2.75) is 25.2 Å². The molecule has 1 unspecified atom stereocenters. The Bertz CT molecular complexity index is 515. The maximum absolute atomic E-state index is 13.9. The van der Waals surface area contributed by atoms with E-state index in [2.05, 4.69) is 0 Å². The van der Waals surface area contributed by atoms with Crippen LogP contribution in [0.3, 0.4) is 0 Å². The van der Waals surface area contributed by atoms with Gasteiger partial charge in [-0.05, 0) is 24.8 Å². The van der Waals surface area contributed by atoms with Gasteiger partial charge < -0.3 is 9.84 Å². The standard InChI is InChI=1S/C13H13ClF2O3/c1-19-13-8(4-9(15)11(14)12(13)16)7(5-10(17)18)6-2-3-6/h4,6-7H,2-3,5H2,1H3,(H,17,18). The number of carbonyl (C=O) groups is 1. The Labute approximate surface area is 114 Å². The summed E-state index contributed by atoms with van der Waals surface area (Å²) in [6, 6.07) is 1.08. The monoisotopic (exact) mass is 290 g/mol. The molecule has 104 valence electrons. The van der Waals surface area contributed by atoms with Gasteiger partial charge in [-0.3, -0.25) is 4.79 Å². The van der Waals surface area contributed by atoms with Crippen LogP contribution >= 0.6 is 11.6 Å². The largest absolute Gasteiger partial charge is 0.493 e. The van der Waals surface area contributed by atoms with Crippen molar-refractivity contribution in [3.8, 4) is 5.75 Å². The first-order valence-electron chi connectivity index (χ1n) is 5.88. The molecule has 0 heterocycles. The van der Waals surface area contributed by atoms with E-state index in [4.69, 9.17) is 21.4 Å². The van der Waals surface area contributed by atoms with E-state index < -0.39 is 28.5 Å². The molecule has 1 fully saturated rings. The zero-order chi connectivity index (χ0) is 14.2. The third-order valence-electron chi connectivity index (χ3n) is 3.34. The SMILES string of the molecule is COc1c(C(CC(=O)O)C2CC2)cc(F)c(Cl)c1F. The minimum absolute atomic E-state index is 0.130. The van der Waals surface area contributed by atoms with Crippen LogP contribution in [0.1, 0.15) is 30.7 Å². The lowest BCUT2D eigenvalue weighted by Gasteiger charge is -2.19. The van der Waals surface area contributed by atoms with Crippen LogP contribution in [-0.4, -0.2) is 18.2 Å². The minimum atomic E-state index is -1.00. The molecular formula is C13H13ClF2O3. The molecule has 1 N–H and O–H groups in total. The Morgan fingerprint density at radius 2 is 2.21 bits per heavy atom. The number of aliphatic carboxylic acids is 1. The molecule has 0 spiro atoms. The van der Waals surface area contributed by atoms with E-state index in [1.807, 2.05) is 0 Å². The van der Waals surface area contributed by atoms with Crippen LogP contribution in [0.2, 0.25) is 5.02 Å². The van der Waals surface area contributed by atoms with Gasteiger partial charge in [-0.15, -0.1) is 0 Å². The van der Waals surface area contributed by atoms with Gasteiger partial charge in [0.05, 0.1) is 13.5 Å². The minimum Gasteiger partial charge on any atom is -0.493 e. The average Bonchev–Trinajstić information content (AvgIpc) is 3.17. The topological polar surface area (TPSA) is 46.5 Å². The Balaban J connectivity index is 2.49. The fourth-order valence-corrected chi connectivity index (χ4v) is 2.44. The molecule has 0 bridgehead atoms. The maximum Gasteiger partial charge on any atom is 0.303 e. The van der Waals surface area contributed by atoms with E-state index in [1.165, 1.54) is 7.11 Å². The number of carboxylic acid groups (broad SMARTS) is 1. The molecule has 1 aromatic carbocycles. The highest BCUT2D eigenvalue weighted by molar-refractivity contribution is 6.31. The van der Waals surface area contributed by atoms with Gasteiger partial charge in [0, 0.05) is 11.5 Å². The van der Waals surface area contributed by atoms with Crippen molar-refractivity contribution in [1.82, 2.24) is 0 Å². The first-order chi connectivity index (χ1) is 8.95. The maximum atomic E-state index is 13.9. The third-order valence-corrected chi connectivity index (χ3v) is 3.68. The van der Waals surface area contributed by atoms with Crippen molar-refractivity contribution in [3.63, 3.8) is 0 Å². The van der Waals surface area contributed by atoms with E-state index in [0.717, 1.165) is 18.9 Å². The molecule has 1 saturated carbocycles. The highest BCUT2D eigenvalue weighted by Gasteiger charge is 2.37. The van der Waals surface area contributed by atoms with Crippen LogP contribution in [0.25, 0.3) is 0 Å². The van der Waals surface area contributed by atoms with E-state index >= 15 is 0 Å². The van der Waals surface area contributed by atoms with E-state index in [0.29, 0.717) is 0 Å². The van der Waals surface area contributed by atoms with E-state index in [-0.39, 0.29) is 23.7 Å². The van der Waals surface area contributed by atoms with Gasteiger partial charge in [0.25, 0.3) is 0 Å². The smallest absolute Gasteiger partial charge is 0.303 e. The highest BCUT2D eigenvalue weighted by Crippen LogP contribution is 2.48. The fourth-order valence-electron chi connectivity index (χ4n) is 2.30. The number of methoxy groups -OCH3 is 1. The molecular weight excluding hydrogens is 278 g/mol. The lowest BCUT2D eigenvalue weighted by atomic mass is 9.90. The Kier molecular flexibility index (Phi) is 3.94. The van der Waals surface area contributed by atoms with Crippen LogP contribution in [0.15, 0.2) is 6.07 Å². The number of carboxylic acids is 1. The van der Waals surface area contributed by atoms with E-state index in [9.17, 15) is 13.6 Å². The molecule has 1 aromatic rings. The quantitative estimate of drug-likeness (QED) is 0.843. The number of benzene rings is 1. The molecule has 0 radical (unpaired) electrons. The van der Waals surface area contributed by atoms with Crippen molar-refractivity contribution < 1.29 is 23.4 Å². The number of hydrogen-bond acceptors (Lipinski definition) is 2. The summed E-state index contributed by atoms with van der Waals surface area (Å²) in [6.07, 6.45) is 1.53. The normalized spacial score (nSPS) is 16.2. The van der Waals surface area contributed by atoms with Crippen LogP contribution in [0.4, 0.5) is 8.78 Å². The summed E-state index contributed by atoms with van der Waals surface area (Å²) >= 11 is 5.49. The molecule has 0 amide bonds. The number of rotatable bonds is 5. The second kappa shape index (κ2) is 5.33. The molecule has 1 aliphatic rings. The zero-order valence-corrected chi connectivity index (χ0v) is 11.0. The lowest BCUT2D eigenvalue weighted by Crippen LogP contribution is -2.11. The summed E-state index contributed by atoms with van der Waals surface area (Å²) in [5, 5.41) is 8.29. The second-order valence-corrected chi connectivity index (χ2v) is 5.03. The van der Waals surface area contributed by atoms with Crippen molar-refractivity contribution in [1.29, 1.82) is 0 Å². The molecule has 3 nitrogen and oxygen atoms in total. The first-order valence-corrected chi connectivity index (χ1v) is 6.26. The molecule has 6 heteroatoms. The van der Waals surface area contributed by atoms with Crippen LogP contribution < -0.4 is 4.74 Å². The summed E-state index contributed by atoms with van der Waals surface area (Å²) in [5.41, 5.74) is 0.242. The Morgan fingerprint density at radius 1 is 1.58 bits per heavy atom. The van der Waals surface area contributed by atoms with Gasteiger partial charge in [-0.1, -0.05) is 11.6 Å². The molecule has 0 aliphatic heterocycles.